The average molecular weight is 390 g/mol. The molecule has 0 amide bonds. The smallest absolute Gasteiger partial charge is 0.0651 e. The van der Waals surface area contributed by atoms with Crippen LogP contribution in [0.15, 0.2) is 91.0 Å². The second-order valence-electron chi connectivity index (χ2n) is 8.02. The average Bonchev–Trinajstić information content (AvgIpc) is 2.76. The van der Waals surface area contributed by atoms with Gasteiger partial charge in [0.1, 0.15) is 23.2 Å². The third-order valence-electron chi connectivity index (χ3n) is 6.17. The van der Waals surface area contributed by atoms with Gasteiger partial charge in [-0.3, -0.25) is 0 Å². The fourth-order valence-corrected chi connectivity index (χ4v) is 9.28. The van der Waals surface area contributed by atoms with E-state index in [-0.39, 0.29) is 0 Å². The van der Waals surface area contributed by atoms with Gasteiger partial charge in [-0.15, -0.1) is 0 Å². The minimum atomic E-state index is -1.71. The normalized spacial score (nSPS) is 13.8. The fraction of sp³-hybridized carbons (Fsp3) is 0.333. The van der Waals surface area contributed by atoms with Crippen molar-refractivity contribution >= 4 is 23.2 Å². The van der Waals surface area contributed by atoms with Gasteiger partial charge in [-0.05, 0) is 62.1 Å². The summed E-state index contributed by atoms with van der Waals surface area (Å²) in [6.07, 6.45) is 5.20. The number of hydrogen-bond acceptors (Lipinski definition) is 0. The first-order valence-electron chi connectivity index (χ1n) is 10.7. The molecule has 3 aromatic rings. The lowest BCUT2D eigenvalue weighted by atomic mass is 10.0. The Morgan fingerprint density at radius 3 is 1.36 bits per heavy atom. The summed E-state index contributed by atoms with van der Waals surface area (Å²) >= 11 is 0. The van der Waals surface area contributed by atoms with E-state index in [1.165, 1.54) is 41.6 Å². The Kier molecular flexibility index (Phi) is 7.46. The predicted molar refractivity (Wildman–Crippen MR) is 128 cm³/mol. The molecule has 3 aromatic carbocycles. The Labute approximate surface area is 172 Å². The highest BCUT2D eigenvalue weighted by Crippen LogP contribution is 2.60. The van der Waals surface area contributed by atoms with E-state index in [1.54, 1.807) is 0 Å². The van der Waals surface area contributed by atoms with Gasteiger partial charge < -0.3 is 0 Å². The van der Waals surface area contributed by atoms with Gasteiger partial charge in [0.25, 0.3) is 0 Å². The second kappa shape index (κ2) is 10.0. The molecule has 3 rings (SSSR count). The van der Waals surface area contributed by atoms with Crippen LogP contribution in [0, 0.1) is 5.92 Å². The maximum Gasteiger partial charge on any atom is 0.114 e. The van der Waals surface area contributed by atoms with E-state index in [1.807, 2.05) is 0 Å². The zero-order chi connectivity index (χ0) is 19.8. The zero-order valence-corrected chi connectivity index (χ0v) is 18.5. The molecule has 1 heteroatoms. The van der Waals surface area contributed by atoms with E-state index in [9.17, 15) is 0 Å². The van der Waals surface area contributed by atoms with Crippen molar-refractivity contribution in [3.8, 4) is 0 Å². The summed E-state index contributed by atoms with van der Waals surface area (Å²) in [6.45, 7) is 7.19. The number of rotatable bonds is 9. The van der Waals surface area contributed by atoms with Crippen molar-refractivity contribution < 1.29 is 0 Å². The summed E-state index contributed by atoms with van der Waals surface area (Å²) in [7, 11) is -1.71. The molecule has 0 nitrogen and oxygen atoms in total. The topological polar surface area (TPSA) is 0 Å². The number of benzene rings is 3. The van der Waals surface area contributed by atoms with Crippen LogP contribution < -0.4 is 15.9 Å². The lowest BCUT2D eigenvalue weighted by Gasteiger charge is -2.33. The van der Waals surface area contributed by atoms with Gasteiger partial charge in [-0.1, -0.05) is 81.3 Å². The van der Waals surface area contributed by atoms with Crippen molar-refractivity contribution in [1.82, 2.24) is 0 Å². The van der Waals surface area contributed by atoms with Gasteiger partial charge >= 0.3 is 0 Å². The molecule has 0 bridgehead atoms. The van der Waals surface area contributed by atoms with Crippen LogP contribution in [-0.2, 0) is 0 Å². The molecule has 0 aromatic heterocycles. The number of hydrogen-bond donors (Lipinski definition) is 0. The first kappa shape index (κ1) is 20.8. The molecular weight excluding hydrogens is 355 g/mol. The van der Waals surface area contributed by atoms with Crippen molar-refractivity contribution in [2.24, 2.45) is 5.92 Å². The highest BCUT2D eigenvalue weighted by atomic mass is 31.2. The summed E-state index contributed by atoms with van der Waals surface area (Å²) < 4.78 is 0. The Morgan fingerprint density at radius 2 is 1.00 bits per heavy atom. The van der Waals surface area contributed by atoms with E-state index in [0.717, 1.165) is 5.92 Å². The molecule has 0 fully saturated rings. The van der Waals surface area contributed by atoms with Crippen LogP contribution in [-0.4, -0.2) is 5.66 Å². The molecule has 0 aliphatic carbocycles. The van der Waals surface area contributed by atoms with Crippen molar-refractivity contribution in [2.45, 2.75) is 52.1 Å². The molecule has 0 aliphatic rings. The van der Waals surface area contributed by atoms with Crippen molar-refractivity contribution in [3.05, 3.63) is 91.0 Å². The summed E-state index contributed by atoms with van der Waals surface area (Å²) in [6, 6.07) is 33.8. The Morgan fingerprint density at radius 1 is 0.607 bits per heavy atom. The van der Waals surface area contributed by atoms with E-state index in [4.69, 9.17) is 0 Å². The Bertz CT molecular complexity index is 714. The molecule has 0 heterocycles. The third-order valence-corrected chi connectivity index (χ3v) is 11.1. The SMILES string of the molecule is CCC(C)CCCC(C)[P+](c1ccccc1)(c1ccccc1)c1ccccc1. The quantitative estimate of drug-likeness (QED) is 0.362. The molecule has 2 unspecified atom stereocenters. The fourth-order valence-electron chi connectivity index (χ4n) is 4.36. The van der Waals surface area contributed by atoms with Crippen LogP contribution in [0.3, 0.4) is 0 Å². The molecular formula is C27H34P+. The summed E-state index contributed by atoms with van der Waals surface area (Å²) in [5.74, 6) is 0.824. The zero-order valence-electron chi connectivity index (χ0n) is 17.6. The molecule has 0 saturated heterocycles. The largest absolute Gasteiger partial charge is 0.114 e. The van der Waals surface area contributed by atoms with Crippen molar-refractivity contribution in [3.63, 3.8) is 0 Å². The summed E-state index contributed by atoms with van der Waals surface area (Å²) in [5.41, 5.74) is 0.615. The molecule has 28 heavy (non-hydrogen) atoms. The van der Waals surface area contributed by atoms with E-state index in [2.05, 4.69) is 112 Å². The molecule has 0 saturated carbocycles. The molecule has 0 N–H and O–H groups in total. The molecule has 146 valence electrons. The van der Waals surface area contributed by atoms with Crippen LogP contribution in [0.25, 0.3) is 0 Å². The molecule has 0 spiro atoms. The minimum absolute atomic E-state index is 0.615. The van der Waals surface area contributed by atoms with Gasteiger partial charge in [-0.2, -0.15) is 0 Å². The van der Waals surface area contributed by atoms with Gasteiger partial charge in [0.15, 0.2) is 0 Å². The lowest BCUT2D eigenvalue weighted by Crippen LogP contribution is -2.37. The van der Waals surface area contributed by atoms with E-state index < -0.39 is 7.26 Å². The summed E-state index contributed by atoms with van der Waals surface area (Å²) in [4.78, 5) is 0. The van der Waals surface area contributed by atoms with Crippen molar-refractivity contribution in [2.75, 3.05) is 0 Å². The van der Waals surface area contributed by atoms with Gasteiger partial charge in [0.05, 0.1) is 5.66 Å². The van der Waals surface area contributed by atoms with Crippen molar-refractivity contribution in [1.29, 1.82) is 0 Å². The molecule has 0 radical (unpaired) electrons. The Hall–Kier alpha value is -1.91. The van der Waals surface area contributed by atoms with Gasteiger partial charge in [-0.25, -0.2) is 0 Å². The lowest BCUT2D eigenvalue weighted by molar-refractivity contribution is 0.484. The first-order valence-corrected chi connectivity index (χ1v) is 12.6. The van der Waals surface area contributed by atoms with E-state index in [0.29, 0.717) is 5.66 Å². The molecule has 0 aliphatic heterocycles. The second-order valence-corrected chi connectivity index (χ2v) is 11.9. The predicted octanol–water partition coefficient (Wildman–Crippen LogP) is 6.59. The van der Waals surface area contributed by atoms with Crippen LogP contribution in [0.1, 0.15) is 46.5 Å². The van der Waals surface area contributed by atoms with Crippen LogP contribution >= 0.6 is 7.26 Å². The highest BCUT2D eigenvalue weighted by molar-refractivity contribution is 7.96. The first-order chi connectivity index (χ1) is 13.7. The Balaban J connectivity index is 2.11. The molecule has 2 atom stereocenters. The standard InChI is InChI=1S/C27H34P/c1-4-23(2)15-14-16-24(3)28(25-17-8-5-9-18-25,26-19-10-6-11-20-26)27-21-12-7-13-22-27/h5-13,17-24H,4,14-16H2,1-3H3/q+1. The van der Waals surface area contributed by atoms with Gasteiger partial charge in [0, 0.05) is 0 Å². The third kappa shape index (κ3) is 4.39. The summed E-state index contributed by atoms with van der Waals surface area (Å²) in [5, 5.41) is 4.51. The van der Waals surface area contributed by atoms with Crippen LogP contribution in [0.5, 0.6) is 0 Å². The van der Waals surface area contributed by atoms with E-state index >= 15 is 0 Å². The maximum absolute atomic E-state index is 2.50. The van der Waals surface area contributed by atoms with Gasteiger partial charge in [0.2, 0.25) is 0 Å². The maximum atomic E-state index is 2.50. The monoisotopic (exact) mass is 389 g/mol. The van der Waals surface area contributed by atoms with Crippen LogP contribution in [0.4, 0.5) is 0 Å². The minimum Gasteiger partial charge on any atom is -0.0651 e. The highest BCUT2D eigenvalue weighted by Gasteiger charge is 2.49. The van der Waals surface area contributed by atoms with Crippen LogP contribution in [0.2, 0.25) is 0 Å².